The van der Waals surface area contributed by atoms with Crippen molar-refractivity contribution >= 4 is 0 Å². The van der Waals surface area contributed by atoms with E-state index in [2.05, 4.69) is 11.5 Å². The van der Waals surface area contributed by atoms with Crippen LogP contribution in [0, 0.1) is 0 Å². The summed E-state index contributed by atoms with van der Waals surface area (Å²) in [5.41, 5.74) is 0.518. The van der Waals surface area contributed by atoms with Gasteiger partial charge in [-0.25, -0.2) is 0 Å². The maximum absolute atomic E-state index is 11.9. The lowest BCUT2D eigenvalue weighted by Gasteiger charge is -2.63. The van der Waals surface area contributed by atoms with Gasteiger partial charge in [0.25, 0.3) is 0 Å². The molecule has 5 rings (SSSR count). The number of hydrogen-bond acceptors (Lipinski definition) is 5. The fraction of sp³-hybridized carbons (Fsp3) is 0.579. The first-order chi connectivity index (χ1) is 11.5. The average Bonchev–Trinajstić information content (AvgIpc) is 2.91. The molecule has 1 saturated heterocycles. The molecule has 0 aromatic heterocycles. The molecule has 0 radical (unpaired) electrons. The van der Waals surface area contributed by atoms with Crippen molar-refractivity contribution in [1.29, 1.82) is 0 Å². The Bertz CT molecular complexity index is 734. The zero-order chi connectivity index (χ0) is 16.7. The van der Waals surface area contributed by atoms with E-state index in [4.69, 9.17) is 4.74 Å². The van der Waals surface area contributed by atoms with Crippen LogP contribution < -0.4 is 4.74 Å². The molecule has 5 atom stereocenters. The maximum Gasteiger partial charge on any atom is 0.165 e. The van der Waals surface area contributed by atoms with Gasteiger partial charge in [-0.1, -0.05) is 12.1 Å². The summed E-state index contributed by atoms with van der Waals surface area (Å²) in [4.78, 5) is 2.31. The monoisotopic (exact) mass is 329 g/mol. The van der Waals surface area contributed by atoms with E-state index in [0.29, 0.717) is 18.6 Å². The quantitative estimate of drug-likeness (QED) is 0.709. The van der Waals surface area contributed by atoms with Gasteiger partial charge < -0.3 is 20.1 Å². The molecule has 0 amide bonds. The minimum absolute atomic E-state index is 0.00848. The van der Waals surface area contributed by atoms with Gasteiger partial charge in [0.1, 0.15) is 6.10 Å². The third-order valence-electron chi connectivity index (χ3n) is 6.91. The number of phenols is 1. The molecule has 5 heteroatoms. The number of phenolic OH excluding ortho intramolecular Hbond substituents is 1. The van der Waals surface area contributed by atoms with E-state index in [-0.39, 0.29) is 11.8 Å². The first-order valence-electron chi connectivity index (χ1n) is 8.80. The van der Waals surface area contributed by atoms with Crippen LogP contribution in [0.2, 0.25) is 0 Å². The van der Waals surface area contributed by atoms with Crippen molar-refractivity contribution in [3.63, 3.8) is 0 Å². The first-order valence-corrected chi connectivity index (χ1v) is 8.80. The second kappa shape index (κ2) is 4.54. The van der Waals surface area contributed by atoms with Gasteiger partial charge in [0.2, 0.25) is 0 Å². The highest BCUT2D eigenvalue weighted by atomic mass is 16.5. The molecule has 1 unspecified atom stereocenters. The fourth-order valence-corrected chi connectivity index (χ4v) is 5.99. The first kappa shape index (κ1) is 14.8. The van der Waals surface area contributed by atoms with Gasteiger partial charge >= 0.3 is 0 Å². The van der Waals surface area contributed by atoms with E-state index < -0.39 is 23.2 Å². The molecule has 5 nitrogen and oxygen atoms in total. The number of piperidine rings is 1. The minimum Gasteiger partial charge on any atom is -0.504 e. The van der Waals surface area contributed by atoms with Gasteiger partial charge in [0.15, 0.2) is 11.5 Å². The highest BCUT2D eigenvalue weighted by Crippen LogP contribution is 2.65. The largest absolute Gasteiger partial charge is 0.504 e. The number of hydrogen-bond donors (Lipinski definition) is 3. The summed E-state index contributed by atoms with van der Waals surface area (Å²) in [7, 11) is 0. The highest BCUT2D eigenvalue weighted by Gasteiger charge is 2.72. The topological polar surface area (TPSA) is 73.2 Å². The Labute approximate surface area is 141 Å². The predicted molar refractivity (Wildman–Crippen MR) is 88.3 cm³/mol. The third-order valence-corrected chi connectivity index (χ3v) is 6.91. The Morgan fingerprint density at radius 1 is 1.38 bits per heavy atom. The van der Waals surface area contributed by atoms with E-state index in [9.17, 15) is 15.3 Å². The highest BCUT2D eigenvalue weighted by molar-refractivity contribution is 5.62. The van der Waals surface area contributed by atoms with E-state index in [1.807, 2.05) is 12.1 Å². The van der Waals surface area contributed by atoms with Crippen LogP contribution >= 0.6 is 0 Å². The second-order valence-electron chi connectivity index (χ2n) is 7.74. The van der Waals surface area contributed by atoms with E-state index in [0.717, 1.165) is 37.1 Å². The minimum atomic E-state index is -0.940. The summed E-state index contributed by atoms with van der Waals surface area (Å²) < 4.78 is 6.08. The van der Waals surface area contributed by atoms with Crippen LogP contribution in [-0.4, -0.2) is 57.2 Å². The van der Waals surface area contributed by atoms with E-state index >= 15 is 0 Å². The summed E-state index contributed by atoms with van der Waals surface area (Å²) >= 11 is 0. The summed E-state index contributed by atoms with van der Waals surface area (Å²) in [5.74, 6) is 0.589. The molecule has 2 heterocycles. The van der Waals surface area contributed by atoms with Crippen LogP contribution in [0.3, 0.4) is 0 Å². The molecule has 1 aromatic rings. The lowest BCUT2D eigenvalue weighted by molar-refractivity contribution is -0.206. The van der Waals surface area contributed by atoms with Crippen molar-refractivity contribution in [3.05, 3.63) is 35.9 Å². The van der Waals surface area contributed by atoms with Gasteiger partial charge in [0, 0.05) is 18.2 Å². The van der Waals surface area contributed by atoms with Crippen molar-refractivity contribution in [2.45, 2.75) is 54.9 Å². The van der Waals surface area contributed by atoms with Gasteiger partial charge in [-0.3, -0.25) is 4.90 Å². The van der Waals surface area contributed by atoms with Crippen LogP contribution in [-0.2, 0) is 11.8 Å². The van der Waals surface area contributed by atoms with Gasteiger partial charge in [-0.05, 0) is 43.9 Å². The van der Waals surface area contributed by atoms with Crippen molar-refractivity contribution in [2.75, 3.05) is 13.1 Å². The molecule has 2 bridgehead atoms. The smallest absolute Gasteiger partial charge is 0.165 e. The lowest BCUT2D eigenvalue weighted by Crippen LogP contribution is -2.77. The molecule has 128 valence electrons. The molecule has 2 aliphatic carbocycles. The van der Waals surface area contributed by atoms with E-state index in [1.165, 1.54) is 0 Å². The molecule has 4 aliphatic rings. The molecule has 2 fully saturated rings. The van der Waals surface area contributed by atoms with Gasteiger partial charge in [-0.2, -0.15) is 0 Å². The molecular formula is C19H23NO4. The summed E-state index contributed by atoms with van der Waals surface area (Å²) in [6.45, 7) is 5.44. The summed E-state index contributed by atoms with van der Waals surface area (Å²) in [5, 5.41) is 32.8. The zero-order valence-corrected chi connectivity index (χ0v) is 13.6. The van der Waals surface area contributed by atoms with Crippen LogP contribution in [0.4, 0.5) is 0 Å². The Morgan fingerprint density at radius 2 is 2.21 bits per heavy atom. The number of benzene rings is 1. The van der Waals surface area contributed by atoms with Gasteiger partial charge in [-0.15, -0.1) is 6.58 Å². The number of ether oxygens (including phenoxy) is 1. The van der Waals surface area contributed by atoms with Crippen molar-refractivity contribution in [2.24, 2.45) is 0 Å². The van der Waals surface area contributed by atoms with Crippen LogP contribution in [0.25, 0.3) is 0 Å². The maximum atomic E-state index is 11.9. The molecule has 1 spiro atoms. The number of aliphatic hydroxyl groups is 2. The molecule has 3 N–H and O–H groups in total. The average molecular weight is 329 g/mol. The number of likely N-dealkylation sites (tertiary alicyclic amines) is 1. The summed E-state index contributed by atoms with van der Waals surface area (Å²) in [6, 6.07) is 3.62. The second-order valence-corrected chi connectivity index (χ2v) is 7.74. The Balaban J connectivity index is 1.78. The standard InChI is InChI=1S/C19H23NO4/c1-2-8-20-9-7-18-15-11-3-4-12(21)16(15)24-17(18)13(22)5-6-19(18,23)14(20)10-11/h2-4,13-14,17,21-23H,1,5-10H2/t13-,14?,17+,18+,19-/m0/s1. The molecule has 1 saturated carbocycles. The molecular weight excluding hydrogens is 306 g/mol. The number of aromatic hydroxyl groups is 1. The van der Waals surface area contributed by atoms with Crippen molar-refractivity contribution in [3.8, 4) is 11.5 Å². The Kier molecular flexibility index (Phi) is 2.79. The Hall–Kier alpha value is -1.56. The molecule has 24 heavy (non-hydrogen) atoms. The van der Waals surface area contributed by atoms with Crippen molar-refractivity contribution < 1.29 is 20.1 Å². The lowest BCUT2D eigenvalue weighted by atomic mass is 9.48. The summed E-state index contributed by atoms with van der Waals surface area (Å²) in [6.07, 6.45) is 3.33. The van der Waals surface area contributed by atoms with Gasteiger partial charge in [0.05, 0.1) is 17.1 Å². The molecule has 1 aromatic carbocycles. The van der Waals surface area contributed by atoms with Crippen LogP contribution in [0.15, 0.2) is 24.8 Å². The number of rotatable bonds is 2. The van der Waals surface area contributed by atoms with Crippen LogP contribution in [0.1, 0.15) is 30.4 Å². The molecule has 2 aliphatic heterocycles. The fourth-order valence-electron chi connectivity index (χ4n) is 5.99. The van der Waals surface area contributed by atoms with Crippen LogP contribution in [0.5, 0.6) is 11.5 Å². The Morgan fingerprint density at radius 3 is 3.00 bits per heavy atom. The van der Waals surface area contributed by atoms with Crippen molar-refractivity contribution in [1.82, 2.24) is 4.90 Å². The number of nitrogens with zero attached hydrogens (tertiary/aromatic N) is 1. The number of aliphatic hydroxyl groups excluding tert-OH is 1. The van der Waals surface area contributed by atoms with E-state index in [1.54, 1.807) is 6.07 Å². The predicted octanol–water partition coefficient (Wildman–Crippen LogP) is 1.09. The zero-order valence-electron chi connectivity index (χ0n) is 13.6. The normalized spacial score (nSPS) is 42.3. The SMILES string of the molecule is C=CCN1CC[C@@]23c4c5ccc(O)c4O[C@@H]2[C@@H](O)CC[C@]3(O)C1C5. The third kappa shape index (κ3) is 1.43.